The number of aliphatic hydroxyl groups is 1. The van der Waals surface area contributed by atoms with E-state index >= 15 is 0 Å². The van der Waals surface area contributed by atoms with Crippen molar-refractivity contribution in [1.29, 1.82) is 0 Å². The van der Waals surface area contributed by atoms with E-state index in [-0.39, 0.29) is 12.5 Å². The molecule has 152 valence electrons. The van der Waals surface area contributed by atoms with E-state index in [4.69, 9.17) is 27.9 Å². The van der Waals surface area contributed by atoms with Crippen LogP contribution in [0.2, 0.25) is 10.0 Å². The number of rotatable bonds is 6. The summed E-state index contributed by atoms with van der Waals surface area (Å²) in [6, 6.07) is 5.69. The number of amides is 1. The highest BCUT2D eigenvalue weighted by Crippen LogP contribution is 2.29. The zero-order valence-corrected chi connectivity index (χ0v) is 17.4. The van der Waals surface area contributed by atoms with E-state index in [0.717, 1.165) is 18.8 Å². The van der Waals surface area contributed by atoms with Crippen LogP contribution in [0, 0.1) is 0 Å². The van der Waals surface area contributed by atoms with Crippen LogP contribution in [0.15, 0.2) is 24.4 Å². The van der Waals surface area contributed by atoms with Gasteiger partial charge in [0.05, 0.1) is 29.0 Å². The Bertz CT molecular complexity index is 833. The minimum atomic E-state index is -0.531. The second-order valence-electron chi connectivity index (χ2n) is 6.86. The third-order valence-corrected chi connectivity index (χ3v) is 5.33. The fourth-order valence-corrected chi connectivity index (χ4v) is 3.66. The highest BCUT2D eigenvalue weighted by Gasteiger charge is 2.23. The molecule has 1 fully saturated rings. The van der Waals surface area contributed by atoms with Crippen LogP contribution in [0.5, 0.6) is 5.75 Å². The molecule has 28 heavy (non-hydrogen) atoms. The van der Waals surface area contributed by atoms with Gasteiger partial charge in [-0.25, -0.2) is 0 Å². The van der Waals surface area contributed by atoms with E-state index in [0.29, 0.717) is 41.0 Å². The zero-order chi connectivity index (χ0) is 20.3. The second-order valence-corrected chi connectivity index (χ2v) is 7.68. The third kappa shape index (κ3) is 4.90. The summed E-state index contributed by atoms with van der Waals surface area (Å²) in [6.45, 7) is 4.51. The van der Waals surface area contributed by atoms with Crippen LogP contribution in [0.1, 0.15) is 12.6 Å². The number of piperazine rings is 1. The summed E-state index contributed by atoms with van der Waals surface area (Å²) in [5.74, 6) is 0.636. The Hall–Kier alpha value is -1.96. The number of halogens is 2. The normalized spacial score (nSPS) is 15.6. The first-order chi connectivity index (χ1) is 13.4. The molecule has 1 N–H and O–H groups in total. The summed E-state index contributed by atoms with van der Waals surface area (Å²) in [6.07, 6.45) is 1.47. The van der Waals surface area contributed by atoms with Crippen LogP contribution in [-0.2, 0) is 17.8 Å². The van der Waals surface area contributed by atoms with Crippen molar-refractivity contribution in [2.75, 3.05) is 38.2 Å². The fraction of sp³-hybridized carbons (Fsp3) is 0.474. The van der Waals surface area contributed by atoms with Crippen molar-refractivity contribution in [2.45, 2.75) is 26.0 Å². The van der Waals surface area contributed by atoms with Crippen LogP contribution >= 0.6 is 23.2 Å². The van der Waals surface area contributed by atoms with Crippen LogP contribution in [0.3, 0.4) is 0 Å². The van der Waals surface area contributed by atoms with Gasteiger partial charge in [-0.3, -0.25) is 9.48 Å². The number of methoxy groups -OCH3 is 1. The molecule has 3 rings (SSSR count). The van der Waals surface area contributed by atoms with Gasteiger partial charge in [0.1, 0.15) is 12.3 Å². The Morgan fingerprint density at radius 3 is 2.61 bits per heavy atom. The standard InChI is InChI=1S/C19H24Cl2N4O3/c1-13(26)9-17-16(21)11-25(22-17)12-19(27)24-7-5-23(6-8-24)14-3-4-15(20)18(10-14)28-2/h3-4,10-11,13,26H,5-9,12H2,1-2H3. The number of aromatic nitrogens is 2. The average molecular weight is 427 g/mol. The van der Waals surface area contributed by atoms with Crippen molar-refractivity contribution >= 4 is 34.8 Å². The summed E-state index contributed by atoms with van der Waals surface area (Å²) in [5.41, 5.74) is 1.63. The van der Waals surface area contributed by atoms with Gasteiger partial charge in [-0.15, -0.1) is 0 Å². The highest BCUT2D eigenvalue weighted by atomic mass is 35.5. The molecule has 7 nitrogen and oxygen atoms in total. The van der Waals surface area contributed by atoms with Crippen molar-refractivity contribution in [3.05, 3.63) is 40.1 Å². The van der Waals surface area contributed by atoms with Crippen molar-refractivity contribution in [3.63, 3.8) is 0 Å². The van der Waals surface area contributed by atoms with E-state index in [2.05, 4.69) is 10.00 Å². The van der Waals surface area contributed by atoms with E-state index in [1.165, 1.54) is 0 Å². The van der Waals surface area contributed by atoms with Gasteiger partial charge < -0.3 is 19.6 Å². The monoisotopic (exact) mass is 426 g/mol. The number of ether oxygens (including phenoxy) is 1. The summed E-state index contributed by atoms with van der Waals surface area (Å²) >= 11 is 12.2. The lowest BCUT2D eigenvalue weighted by molar-refractivity contribution is -0.132. The largest absolute Gasteiger partial charge is 0.495 e. The summed E-state index contributed by atoms with van der Waals surface area (Å²) < 4.78 is 6.82. The number of aliphatic hydroxyl groups excluding tert-OH is 1. The van der Waals surface area contributed by atoms with Gasteiger partial charge in [0.2, 0.25) is 5.91 Å². The summed E-state index contributed by atoms with van der Waals surface area (Å²) in [4.78, 5) is 16.6. The Labute approximate surface area is 174 Å². The molecular weight excluding hydrogens is 403 g/mol. The van der Waals surface area contributed by atoms with Gasteiger partial charge >= 0.3 is 0 Å². The van der Waals surface area contributed by atoms with Gasteiger partial charge in [-0.2, -0.15) is 5.10 Å². The van der Waals surface area contributed by atoms with Crippen LogP contribution in [-0.4, -0.2) is 65.1 Å². The molecule has 0 saturated carbocycles. The number of anilines is 1. The second kappa shape index (κ2) is 9.03. The first-order valence-electron chi connectivity index (χ1n) is 9.13. The van der Waals surface area contributed by atoms with Crippen molar-refractivity contribution in [2.24, 2.45) is 0 Å². The van der Waals surface area contributed by atoms with E-state index in [1.807, 2.05) is 23.1 Å². The number of hydrogen-bond acceptors (Lipinski definition) is 5. The zero-order valence-electron chi connectivity index (χ0n) is 15.9. The van der Waals surface area contributed by atoms with E-state index in [1.54, 1.807) is 24.9 Å². The van der Waals surface area contributed by atoms with Crippen LogP contribution in [0.25, 0.3) is 0 Å². The molecule has 1 saturated heterocycles. The Morgan fingerprint density at radius 2 is 1.96 bits per heavy atom. The average Bonchev–Trinajstić information content (AvgIpc) is 3.00. The molecule has 1 aromatic carbocycles. The molecule has 1 amide bonds. The summed E-state index contributed by atoms with van der Waals surface area (Å²) in [5, 5.41) is 14.8. The molecule has 2 aromatic rings. The Morgan fingerprint density at radius 1 is 1.25 bits per heavy atom. The smallest absolute Gasteiger partial charge is 0.244 e. The van der Waals surface area contributed by atoms with E-state index in [9.17, 15) is 9.90 Å². The Balaban J connectivity index is 1.57. The van der Waals surface area contributed by atoms with Gasteiger partial charge in [0.15, 0.2) is 0 Å². The van der Waals surface area contributed by atoms with E-state index < -0.39 is 6.10 Å². The number of carbonyl (C=O) groups is 1. The number of carbonyl (C=O) groups excluding carboxylic acids is 1. The number of hydrogen-bond donors (Lipinski definition) is 1. The first-order valence-corrected chi connectivity index (χ1v) is 9.89. The predicted octanol–water partition coefficient (Wildman–Crippen LogP) is 2.47. The molecule has 0 radical (unpaired) electrons. The molecule has 1 aliphatic rings. The van der Waals surface area contributed by atoms with Crippen molar-refractivity contribution in [1.82, 2.24) is 14.7 Å². The molecule has 1 atom stereocenters. The molecule has 1 aromatic heterocycles. The summed E-state index contributed by atoms with van der Waals surface area (Å²) in [7, 11) is 1.59. The Kier molecular flexibility index (Phi) is 6.69. The maximum Gasteiger partial charge on any atom is 0.244 e. The molecule has 9 heteroatoms. The molecule has 2 heterocycles. The molecule has 1 aliphatic heterocycles. The van der Waals surface area contributed by atoms with Gasteiger partial charge in [0.25, 0.3) is 0 Å². The topological polar surface area (TPSA) is 70.8 Å². The quantitative estimate of drug-likeness (QED) is 0.767. The first kappa shape index (κ1) is 20.8. The SMILES string of the molecule is COc1cc(N2CCN(C(=O)Cn3cc(Cl)c(CC(C)O)n3)CC2)ccc1Cl. The van der Waals surface area contributed by atoms with Gasteiger partial charge in [-0.05, 0) is 19.1 Å². The van der Waals surface area contributed by atoms with Crippen molar-refractivity contribution < 1.29 is 14.6 Å². The van der Waals surface area contributed by atoms with Crippen LogP contribution in [0.4, 0.5) is 5.69 Å². The van der Waals surface area contributed by atoms with Gasteiger partial charge in [0, 0.05) is 50.6 Å². The maximum absolute atomic E-state index is 12.6. The molecular formula is C19H24Cl2N4O3. The van der Waals surface area contributed by atoms with Gasteiger partial charge in [-0.1, -0.05) is 23.2 Å². The van der Waals surface area contributed by atoms with Crippen LogP contribution < -0.4 is 9.64 Å². The molecule has 1 unspecified atom stereocenters. The third-order valence-electron chi connectivity index (χ3n) is 4.71. The minimum absolute atomic E-state index is 0.00361. The molecule has 0 bridgehead atoms. The maximum atomic E-state index is 12.6. The lowest BCUT2D eigenvalue weighted by Crippen LogP contribution is -2.49. The fourth-order valence-electron chi connectivity index (χ4n) is 3.23. The minimum Gasteiger partial charge on any atom is -0.495 e. The number of benzene rings is 1. The number of nitrogens with zero attached hydrogens (tertiary/aromatic N) is 4. The lowest BCUT2D eigenvalue weighted by atomic mass is 10.2. The molecule has 0 aliphatic carbocycles. The highest BCUT2D eigenvalue weighted by molar-refractivity contribution is 6.32. The predicted molar refractivity (Wildman–Crippen MR) is 109 cm³/mol. The van der Waals surface area contributed by atoms with Crippen molar-refractivity contribution in [3.8, 4) is 5.75 Å². The lowest BCUT2D eigenvalue weighted by Gasteiger charge is -2.36. The molecule has 0 spiro atoms.